The van der Waals surface area contributed by atoms with Crippen molar-refractivity contribution in [3.8, 4) is 0 Å². The van der Waals surface area contributed by atoms with Crippen LogP contribution in [0.4, 0.5) is 0 Å². The maximum atomic E-state index is 12.6. The van der Waals surface area contributed by atoms with Crippen molar-refractivity contribution < 1.29 is 14.7 Å². The molecule has 4 nitrogen and oxygen atoms in total. The maximum absolute atomic E-state index is 12.6. The number of likely N-dealkylation sites (tertiary alicyclic amines) is 1. The molecule has 6 heteroatoms. The van der Waals surface area contributed by atoms with Crippen LogP contribution >= 0.6 is 23.2 Å². The van der Waals surface area contributed by atoms with E-state index in [-0.39, 0.29) is 30.2 Å². The molecule has 1 aliphatic heterocycles. The summed E-state index contributed by atoms with van der Waals surface area (Å²) < 4.78 is 0. The summed E-state index contributed by atoms with van der Waals surface area (Å²) in [7, 11) is 0. The lowest BCUT2D eigenvalue weighted by Crippen LogP contribution is -2.38. The lowest BCUT2D eigenvalue weighted by molar-refractivity contribution is -0.140. The molecule has 1 heterocycles. The Morgan fingerprint density at radius 1 is 1.27 bits per heavy atom. The van der Waals surface area contributed by atoms with Gasteiger partial charge in [0, 0.05) is 18.5 Å². The van der Waals surface area contributed by atoms with Crippen molar-refractivity contribution >= 4 is 35.1 Å². The van der Waals surface area contributed by atoms with Crippen molar-refractivity contribution in [3.63, 3.8) is 0 Å². The molecule has 2 fully saturated rings. The predicted octanol–water partition coefficient (Wildman–Crippen LogP) is 3.56. The summed E-state index contributed by atoms with van der Waals surface area (Å²) in [6, 6.07) is 5.33. The summed E-state index contributed by atoms with van der Waals surface area (Å²) in [5.41, 5.74) is 1.03. The molecule has 0 radical (unpaired) electrons. The molecule has 22 heavy (non-hydrogen) atoms. The average molecular weight is 342 g/mol. The first-order valence-electron chi connectivity index (χ1n) is 7.44. The molecule has 1 N–H and O–H groups in total. The minimum atomic E-state index is -0.846. The smallest absolute Gasteiger partial charge is 0.305 e. The van der Waals surface area contributed by atoms with Gasteiger partial charge in [-0.1, -0.05) is 29.3 Å². The Hall–Kier alpha value is -1.26. The minimum Gasteiger partial charge on any atom is -0.481 e. The molecule has 0 bridgehead atoms. The highest BCUT2D eigenvalue weighted by Crippen LogP contribution is 2.50. The number of amides is 1. The van der Waals surface area contributed by atoms with Gasteiger partial charge in [0.05, 0.1) is 16.5 Å². The van der Waals surface area contributed by atoms with E-state index in [1.165, 1.54) is 0 Å². The van der Waals surface area contributed by atoms with Crippen LogP contribution in [0.3, 0.4) is 0 Å². The van der Waals surface area contributed by atoms with Crippen LogP contribution < -0.4 is 0 Å². The van der Waals surface area contributed by atoms with Crippen LogP contribution in [0.5, 0.6) is 0 Å². The van der Waals surface area contributed by atoms with Crippen LogP contribution in [-0.4, -0.2) is 34.5 Å². The fraction of sp³-hybridized carbons (Fsp3) is 0.500. The number of carbonyl (C=O) groups excluding carboxylic acids is 1. The number of carboxylic acids is 1. The van der Waals surface area contributed by atoms with Gasteiger partial charge in [0.2, 0.25) is 5.91 Å². The summed E-state index contributed by atoms with van der Waals surface area (Å²) in [5.74, 6) is -0.638. The molecule has 1 saturated carbocycles. The molecule has 118 valence electrons. The van der Waals surface area contributed by atoms with Gasteiger partial charge in [-0.05, 0) is 42.9 Å². The van der Waals surface area contributed by atoms with Crippen molar-refractivity contribution in [3.05, 3.63) is 33.8 Å². The molecule has 0 spiro atoms. The van der Waals surface area contributed by atoms with E-state index in [9.17, 15) is 9.59 Å². The Labute approximate surface area is 139 Å². The Morgan fingerprint density at radius 3 is 2.73 bits per heavy atom. The van der Waals surface area contributed by atoms with Crippen LogP contribution in [0, 0.1) is 5.92 Å². The van der Waals surface area contributed by atoms with Gasteiger partial charge in [-0.25, -0.2) is 0 Å². The highest BCUT2D eigenvalue weighted by molar-refractivity contribution is 6.42. The second-order valence-electron chi connectivity index (χ2n) is 6.05. The maximum Gasteiger partial charge on any atom is 0.305 e. The number of carbonyl (C=O) groups is 2. The van der Waals surface area contributed by atoms with E-state index < -0.39 is 5.97 Å². The van der Waals surface area contributed by atoms with Crippen molar-refractivity contribution in [2.75, 3.05) is 6.54 Å². The Bertz CT molecular complexity index is 619. The van der Waals surface area contributed by atoms with Gasteiger partial charge in [0.1, 0.15) is 0 Å². The largest absolute Gasteiger partial charge is 0.481 e. The number of benzene rings is 1. The lowest BCUT2D eigenvalue weighted by atomic mass is 10.1. The molecule has 1 aliphatic carbocycles. The molecule has 1 amide bonds. The van der Waals surface area contributed by atoms with Crippen molar-refractivity contribution in [2.24, 2.45) is 5.92 Å². The Morgan fingerprint density at radius 2 is 2.05 bits per heavy atom. The topological polar surface area (TPSA) is 57.6 Å². The van der Waals surface area contributed by atoms with Gasteiger partial charge in [0.25, 0.3) is 0 Å². The molecule has 1 aromatic carbocycles. The summed E-state index contributed by atoms with van der Waals surface area (Å²) in [6.45, 7) is 0.668. The number of rotatable bonds is 4. The molecule has 3 atom stereocenters. The van der Waals surface area contributed by atoms with Gasteiger partial charge >= 0.3 is 5.97 Å². The number of hydrogen-bond acceptors (Lipinski definition) is 2. The number of nitrogens with zero attached hydrogens (tertiary/aromatic N) is 1. The van der Waals surface area contributed by atoms with Gasteiger partial charge in [0.15, 0.2) is 0 Å². The first-order chi connectivity index (χ1) is 10.5. The van der Waals surface area contributed by atoms with E-state index in [1.54, 1.807) is 11.0 Å². The molecule has 1 saturated heterocycles. The van der Waals surface area contributed by atoms with E-state index in [2.05, 4.69) is 0 Å². The third-order valence-electron chi connectivity index (χ3n) is 4.55. The molecule has 0 aromatic heterocycles. The minimum absolute atomic E-state index is 0.0376. The predicted molar refractivity (Wildman–Crippen MR) is 84.3 cm³/mol. The third kappa shape index (κ3) is 3.08. The highest BCUT2D eigenvalue weighted by Gasteiger charge is 2.47. The molecular formula is C16H17Cl2NO3. The second kappa shape index (κ2) is 6.09. The molecule has 2 aliphatic rings. The van der Waals surface area contributed by atoms with Gasteiger partial charge in [-0.2, -0.15) is 0 Å². The standard InChI is InChI=1S/C16H17Cl2NO3/c17-13-4-3-9(6-14(13)18)11-8-12(11)16(22)19-5-1-2-10(19)7-15(20)21/h3-4,6,10-12H,1-2,5,7-8H2,(H,20,21). The van der Waals surface area contributed by atoms with E-state index >= 15 is 0 Å². The van der Waals surface area contributed by atoms with E-state index in [4.69, 9.17) is 28.3 Å². The van der Waals surface area contributed by atoms with Gasteiger partial charge in [-0.15, -0.1) is 0 Å². The fourth-order valence-corrected chi connectivity index (χ4v) is 3.64. The van der Waals surface area contributed by atoms with Gasteiger partial charge < -0.3 is 10.0 Å². The average Bonchev–Trinajstić information content (AvgIpc) is 3.14. The molecule has 3 unspecified atom stereocenters. The zero-order valence-electron chi connectivity index (χ0n) is 12.0. The molecule has 1 aromatic rings. The SMILES string of the molecule is O=C(O)CC1CCCN1C(=O)C1CC1c1ccc(Cl)c(Cl)c1. The van der Waals surface area contributed by atoms with Crippen LogP contribution in [-0.2, 0) is 9.59 Å². The Balaban J connectivity index is 1.67. The number of aliphatic carboxylic acids is 1. The van der Waals surface area contributed by atoms with E-state index in [1.807, 2.05) is 12.1 Å². The van der Waals surface area contributed by atoms with Crippen molar-refractivity contribution in [1.82, 2.24) is 4.90 Å². The van der Waals surface area contributed by atoms with Crippen LogP contribution in [0.15, 0.2) is 18.2 Å². The zero-order valence-corrected chi connectivity index (χ0v) is 13.5. The molecule has 3 rings (SSSR count). The Kier molecular flexibility index (Phi) is 4.33. The van der Waals surface area contributed by atoms with Gasteiger partial charge in [-0.3, -0.25) is 9.59 Å². The van der Waals surface area contributed by atoms with Crippen LogP contribution in [0.25, 0.3) is 0 Å². The number of halogens is 2. The van der Waals surface area contributed by atoms with Crippen LogP contribution in [0.2, 0.25) is 10.0 Å². The molecular weight excluding hydrogens is 325 g/mol. The monoisotopic (exact) mass is 341 g/mol. The van der Waals surface area contributed by atoms with Crippen molar-refractivity contribution in [1.29, 1.82) is 0 Å². The quantitative estimate of drug-likeness (QED) is 0.910. The third-order valence-corrected chi connectivity index (χ3v) is 5.29. The van der Waals surface area contributed by atoms with Crippen LogP contribution in [0.1, 0.15) is 37.2 Å². The summed E-state index contributed by atoms with van der Waals surface area (Å²) >= 11 is 11.9. The first kappa shape index (κ1) is 15.6. The number of carboxylic acid groups (broad SMARTS) is 1. The lowest BCUT2D eigenvalue weighted by Gasteiger charge is -2.23. The summed E-state index contributed by atoms with van der Waals surface area (Å²) in [5, 5.41) is 9.96. The fourth-order valence-electron chi connectivity index (χ4n) is 3.33. The first-order valence-corrected chi connectivity index (χ1v) is 8.20. The summed E-state index contributed by atoms with van der Waals surface area (Å²) in [4.78, 5) is 25.3. The number of hydrogen-bond donors (Lipinski definition) is 1. The highest BCUT2D eigenvalue weighted by atomic mass is 35.5. The summed E-state index contributed by atoms with van der Waals surface area (Å²) in [6.07, 6.45) is 2.50. The van der Waals surface area contributed by atoms with E-state index in [0.717, 1.165) is 24.8 Å². The van der Waals surface area contributed by atoms with Crippen molar-refractivity contribution in [2.45, 2.75) is 37.6 Å². The second-order valence-corrected chi connectivity index (χ2v) is 6.86. The van der Waals surface area contributed by atoms with E-state index in [0.29, 0.717) is 16.6 Å². The normalized spacial score (nSPS) is 27.0. The zero-order chi connectivity index (χ0) is 15.9.